The summed E-state index contributed by atoms with van der Waals surface area (Å²) in [6.45, 7) is 6.64. The van der Waals surface area contributed by atoms with Crippen molar-refractivity contribution in [1.82, 2.24) is 24.9 Å². The van der Waals surface area contributed by atoms with Crippen molar-refractivity contribution in [1.29, 1.82) is 0 Å². The Kier molecular flexibility index (Phi) is 26.4. The van der Waals surface area contributed by atoms with Crippen LogP contribution in [0.5, 0.6) is 23.3 Å². The zero-order valence-corrected chi connectivity index (χ0v) is 40.9. The van der Waals surface area contributed by atoms with Gasteiger partial charge in [-0.25, -0.2) is 15.0 Å². The van der Waals surface area contributed by atoms with Crippen LogP contribution in [0, 0.1) is 24.0 Å². The Morgan fingerprint density at radius 3 is 1.82 bits per heavy atom. The molecule has 1 aromatic carbocycles. The number of amides is 1. The zero-order valence-electron chi connectivity index (χ0n) is 35.9. The third kappa shape index (κ3) is 20.1. The van der Waals surface area contributed by atoms with Crippen molar-refractivity contribution < 1.29 is 74.2 Å². The minimum absolute atomic E-state index is 0. The van der Waals surface area contributed by atoms with E-state index in [4.69, 9.17) is 28.8 Å². The molecule has 5 aromatic heterocycles. The molecule has 62 heavy (non-hydrogen) atoms. The van der Waals surface area contributed by atoms with Crippen LogP contribution in [0.2, 0.25) is 0 Å². The first kappa shape index (κ1) is 53.7. The maximum Gasteiger partial charge on any atom is 1.00 e. The molecule has 6 rings (SSSR count). The normalized spacial score (nSPS) is 9.94. The number of hydrogen-bond acceptors (Lipinski definition) is 16. The monoisotopic (exact) mass is 1010 g/mol. The van der Waals surface area contributed by atoms with Crippen LogP contribution in [-0.2, 0) is 14.2 Å². The minimum Gasteiger partial charge on any atom is -1.00 e. The third-order valence-electron chi connectivity index (χ3n) is 7.34. The maximum absolute atomic E-state index is 12.4. The van der Waals surface area contributed by atoms with Gasteiger partial charge in [-0.2, -0.15) is 0 Å². The Morgan fingerprint density at radius 2 is 1.35 bits per heavy atom. The van der Waals surface area contributed by atoms with Gasteiger partial charge in [-0.1, -0.05) is 0 Å². The van der Waals surface area contributed by atoms with Gasteiger partial charge in [0.15, 0.2) is 11.3 Å². The number of carbonyl (C=O) groups is 1. The number of anilines is 1. The molecule has 17 nitrogen and oxygen atoms in total. The number of aliphatic hydroxyl groups excluding tert-OH is 1. The number of methoxy groups -OCH3 is 3. The van der Waals surface area contributed by atoms with Crippen LogP contribution in [0.3, 0.4) is 0 Å². The molecule has 1 amide bonds. The third-order valence-corrected chi connectivity index (χ3v) is 9.04. The topological polar surface area (TPSA) is 212 Å². The zero-order chi connectivity index (χ0) is 44.4. The first-order valence-electron chi connectivity index (χ1n) is 18.1. The first-order chi connectivity index (χ1) is 29.5. The number of carbonyl (C=O) groups excluding carboxylic acids is 1. The predicted octanol–water partition coefficient (Wildman–Crippen LogP) is 5.65. The molecule has 0 atom stereocenters. The number of thiazole rings is 1. The van der Waals surface area contributed by atoms with Gasteiger partial charge in [-0.05, 0) is 109 Å². The van der Waals surface area contributed by atoms with E-state index < -0.39 is 4.92 Å². The van der Waals surface area contributed by atoms with Crippen LogP contribution in [0.25, 0.3) is 11.3 Å². The van der Waals surface area contributed by atoms with Crippen molar-refractivity contribution in [3.63, 3.8) is 0 Å². The minimum atomic E-state index is -0.535. The molecule has 0 bridgehead atoms. The number of benzene rings is 1. The summed E-state index contributed by atoms with van der Waals surface area (Å²) >= 11 is 7.78. The molecule has 0 saturated carbocycles. The molecule has 0 radical (unpaired) electrons. The standard InChI is InChI=1S/C25H24N4O4S.C8H10BrNO2.C5H3BrN2O2.C3H8O2.Na.H/c1-16-12-20(33-19-4-5-22(27-14-19)32-11-10-31-3)13-17(2)23(16)21-15-34-25(28-21)29-24(30)18-6-8-26-9-7-18;1-11-4-5-12-8-3-2-7(9)6-10-8;6-4-1-2-5(7-3-4)8(9)10;1-5-3-2-4;;/h4-9,12-15H,10-11H2,1-3H3,(H,28,29,30);2-3,6H,4-5H2,1H3;1-3H;4H,2-3H2,1H3;;/q;;;;+1;-1. The fourth-order valence-corrected chi connectivity index (χ4v) is 5.79. The Morgan fingerprint density at radius 1 is 0.790 bits per heavy atom. The molecular weight excluding hydrogens is 965 g/mol. The Bertz CT molecular complexity index is 2180. The van der Waals surface area contributed by atoms with E-state index in [9.17, 15) is 14.9 Å². The predicted molar refractivity (Wildman–Crippen MR) is 239 cm³/mol. The molecule has 0 aliphatic rings. The molecule has 326 valence electrons. The second-order valence-corrected chi connectivity index (χ2v) is 14.6. The average Bonchev–Trinajstić information content (AvgIpc) is 3.71. The van der Waals surface area contributed by atoms with E-state index in [0.29, 0.717) is 67.0 Å². The summed E-state index contributed by atoms with van der Waals surface area (Å²) in [5, 5.41) is 23.3. The average molecular weight is 1010 g/mol. The van der Waals surface area contributed by atoms with Crippen LogP contribution >= 0.6 is 43.2 Å². The number of rotatable bonds is 16. The van der Waals surface area contributed by atoms with Crippen LogP contribution in [0.1, 0.15) is 22.9 Å². The molecular formula is C41H46Br2N7NaO10S. The van der Waals surface area contributed by atoms with Gasteiger partial charge >= 0.3 is 35.4 Å². The quantitative estimate of drug-likeness (QED) is 0.0519. The number of halogens is 2. The molecule has 5 heterocycles. The van der Waals surface area contributed by atoms with E-state index in [-0.39, 0.29) is 49.3 Å². The van der Waals surface area contributed by atoms with Crippen molar-refractivity contribution >= 4 is 60.1 Å². The van der Waals surface area contributed by atoms with Crippen molar-refractivity contribution in [2.24, 2.45) is 0 Å². The Balaban J connectivity index is 0.000000557. The number of aliphatic hydroxyl groups is 1. The molecule has 0 spiro atoms. The van der Waals surface area contributed by atoms with E-state index in [1.807, 2.05) is 43.5 Å². The van der Waals surface area contributed by atoms with Gasteiger partial charge in [-0.3, -0.25) is 15.1 Å². The number of hydrogen-bond donors (Lipinski definition) is 2. The van der Waals surface area contributed by atoms with Crippen LogP contribution in [0.4, 0.5) is 10.9 Å². The van der Waals surface area contributed by atoms with Crippen LogP contribution in [0.15, 0.2) is 106 Å². The van der Waals surface area contributed by atoms with Gasteiger partial charge in [-0.15, -0.1) is 11.3 Å². The Labute approximate surface area is 403 Å². The fourth-order valence-electron chi connectivity index (χ4n) is 4.63. The van der Waals surface area contributed by atoms with E-state index in [0.717, 1.165) is 31.3 Å². The summed E-state index contributed by atoms with van der Waals surface area (Å²) in [6, 6.07) is 17.4. The van der Waals surface area contributed by atoms with Crippen molar-refractivity contribution in [2.45, 2.75) is 13.8 Å². The summed E-state index contributed by atoms with van der Waals surface area (Å²) in [5.74, 6) is 2.10. The largest absolute Gasteiger partial charge is 1.00 e. The second kappa shape index (κ2) is 30.5. The van der Waals surface area contributed by atoms with Crippen molar-refractivity contribution in [2.75, 3.05) is 66.3 Å². The van der Waals surface area contributed by atoms with Crippen molar-refractivity contribution in [3.05, 3.63) is 133 Å². The molecule has 0 unspecified atom stereocenters. The number of pyridine rings is 4. The number of aryl methyl sites for hydroxylation is 2. The van der Waals surface area contributed by atoms with Gasteiger partial charge in [0.05, 0.1) is 42.8 Å². The van der Waals surface area contributed by atoms with E-state index >= 15 is 0 Å². The summed E-state index contributed by atoms with van der Waals surface area (Å²) in [5.41, 5.74) is 4.37. The van der Waals surface area contributed by atoms with Crippen LogP contribution in [-0.4, -0.2) is 102 Å². The van der Waals surface area contributed by atoms with Gasteiger partial charge < -0.3 is 45.1 Å². The molecule has 2 N–H and O–H groups in total. The number of aromatic nitrogens is 5. The van der Waals surface area contributed by atoms with Gasteiger partial charge in [0.1, 0.15) is 24.7 Å². The summed E-state index contributed by atoms with van der Waals surface area (Å²) in [6.07, 6.45) is 7.87. The second-order valence-electron chi connectivity index (χ2n) is 11.9. The maximum atomic E-state index is 12.4. The first-order valence-corrected chi connectivity index (χ1v) is 20.6. The summed E-state index contributed by atoms with van der Waals surface area (Å²) < 4.78 is 32.6. The molecule has 0 aliphatic carbocycles. The Hall–Kier alpha value is -4.48. The molecule has 21 heteroatoms. The van der Waals surface area contributed by atoms with E-state index in [1.54, 1.807) is 76.4 Å². The molecule has 0 aliphatic heterocycles. The van der Waals surface area contributed by atoms with Gasteiger partial charge in [0.25, 0.3) is 5.91 Å². The summed E-state index contributed by atoms with van der Waals surface area (Å²) in [4.78, 5) is 42.3. The van der Waals surface area contributed by atoms with Gasteiger partial charge in [0, 0.05) is 79.1 Å². The SMILES string of the molecule is COCCO.COCCOc1ccc(Br)cn1.COCCOc1ccc(Oc2cc(C)c(-c3csc(NC(=O)c4ccncc4)n3)c(C)c2)cn1.O=[N+]([O-])c1ccc(Br)cn1.[H-].[Na+]. The number of nitro groups is 1. The summed E-state index contributed by atoms with van der Waals surface area (Å²) in [7, 11) is 4.81. The van der Waals surface area contributed by atoms with Crippen molar-refractivity contribution in [3.8, 4) is 34.5 Å². The molecule has 6 aromatic rings. The van der Waals surface area contributed by atoms with Gasteiger partial charge in [0.2, 0.25) is 11.8 Å². The molecule has 0 saturated heterocycles. The smallest absolute Gasteiger partial charge is 1.00 e. The fraction of sp³-hybridized carbons (Fsp3) is 0.268. The number of nitrogens with zero attached hydrogens (tertiary/aromatic N) is 6. The van der Waals surface area contributed by atoms with E-state index in [1.165, 1.54) is 23.6 Å². The number of ether oxygens (including phenoxy) is 6. The van der Waals surface area contributed by atoms with E-state index in [2.05, 4.69) is 66.8 Å². The number of nitrogens with one attached hydrogen (secondary N) is 1. The molecule has 0 fully saturated rings. The van der Waals surface area contributed by atoms with Crippen LogP contribution < -0.4 is 49.1 Å².